The van der Waals surface area contributed by atoms with E-state index >= 15 is 0 Å². The van der Waals surface area contributed by atoms with Crippen LogP contribution in [-0.2, 0) is 4.74 Å². The first-order valence-electron chi connectivity index (χ1n) is 6.61. The van der Waals surface area contributed by atoms with Gasteiger partial charge in [0, 0.05) is 45.7 Å². The quantitative estimate of drug-likeness (QED) is 0.630. The van der Waals surface area contributed by atoms with Crippen molar-refractivity contribution < 1.29 is 9.53 Å². The Morgan fingerprint density at radius 3 is 2.60 bits per heavy atom. The Bertz CT molecular complexity index is 394. The molecule has 0 aliphatic heterocycles. The highest BCUT2D eigenvalue weighted by Gasteiger charge is 2.06. The number of likely N-dealkylation sites (N-methyl/N-ethyl adjacent to an activating group) is 1. The summed E-state index contributed by atoms with van der Waals surface area (Å²) in [7, 11) is 5.64. The van der Waals surface area contributed by atoms with Crippen LogP contribution in [0.15, 0.2) is 12.4 Å². The van der Waals surface area contributed by atoms with Crippen molar-refractivity contribution in [3.05, 3.63) is 18.0 Å². The molecule has 7 heteroatoms. The first-order chi connectivity index (χ1) is 9.63. The number of methoxy groups -OCH3 is 1. The minimum atomic E-state index is -0.166. The van der Waals surface area contributed by atoms with Crippen LogP contribution in [0, 0.1) is 0 Å². The first kappa shape index (κ1) is 16.3. The van der Waals surface area contributed by atoms with Gasteiger partial charge in [-0.2, -0.15) is 0 Å². The molecule has 0 aliphatic carbocycles. The summed E-state index contributed by atoms with van der Waals surface area (Å²) in [5, 5.41) is 5.88. The molecule has 0 fully saturated rings. The lowest BCUT2D eigenvalue weighted by atomic mass is 10.3. The predicted octanol–water partition coefficient (Wildman–Crippen LogP) is 0.216. The van der Waals surface area contributed by atoms with E-state index in [4.69, 9.17) is 4.74 Å². The normalized spacial score (nSPS) is 10.6. The number of nitrogens with one attached hydrogen (secondary N) is 2. The largest absolute Gasteiger partial charge is 0.385 e. The zero-order chi connectivity index (χ0) is 14.8. The molecule has 20 heavy (non-hydrogen) atoms. The van der Waals surface area contributed by atoms with Gasteiger partial charge in [-0.15, -0.1) is 0 Å². The van der Waals surface area contributed by atoms with Crippen LogP contribution in [-0.4, -0.2) is 68.2 Å². The topological polar surface area (TPSA) is 79.4 Å². The number of hydrogen-bond donors (Lipinski definition) is 2. The molecule has 1 heterocycles. The number of carbonyl (C=O) groups is 1. The van der Waals surface area contributed by atoms with Crippen molar-refractivity contribution >= 4 is 11.9 Å². The van der Waals surface area contributed by atoms with E-state index in [2.05, 4.69) is 25.5 Å². The molecule has 0 radical (unpaired) electrons. The molecule has 0 bridgehead atoms. The average molecular weight is 281 g/mol. The van der Waals surface area contributed by atoms with Crippen LogP contribution in [0.2, 0.25) is 0 Å². The smallest absolute Gasteiger partial charge is 0.254 e. The molecule has 2 N–H and O–H groups in total. The first-order valence-corrected chi connectivity index (χ1v) is 6.61. The van der Waals surface area contributed by atoms with Gasteiger partial charge in [0.05, 0.1) is 5.56 Å². The van der Waals surface area contributed by atoms with E-state index in [-0.39, 0.29) is 5.91 Å². The van der Waals surface area contributed by atoms with Crippen molar-refractivity contribution in [3.63, 3.8) is 0 Å². The van der Waals surface area contributed by atoms with E-state index in [0.717, 1.165) is 19.5 Å². The molecule has 1 amide bonds. The second-order valence-corrected chi connectivity index (χ2v) is 4.63. The number of nitrogens with zero attached hydrogens (tertiary/aromatic N) is 3. The third-order valence-electron chi connectivity index (χ3n) is 2.57. The van der Waals surface area contributed by atoms with Crippen molar-refractivity contribution in [2.75, 3.05) is 52.8 Å². The molecule has 0 unspecified atom stereocenters. The number of aromatic nitrogens is 2. The molecular formula is C13H23N5O2. The lowest BCUT2D eigenvalue weighted by molar-refractivity contribution is 0.0948. The van der Waals surface area contributed by atoms with Gasteiger partial charge >= 0.3 is 0 Å². The summed E-state index contributed by atoms with van der Waals surface area (Å²) in [5.74, 6) is 0.365. The maximum absolute atomic E-state index is 11.8. The van der Waals surface area contributed by atoms with Crippen LogP contribution in [0.1, 0.15) is 16.8 Å². The molecule has 1 rings (SSSR count). The Kier molecular flexibility index (Phi) is 7.52. The van der Waals surface area contributed by atoms with Crippen molar-refractivity contribution in [1.29, 1.82) is 0 Å². The number of amides is 1. The molecule has 0 spiro atoms. The van der Waals surface area contributed by atoms with E-state index in [1.807, 2.05) is 14.1 Å². The maximum Gasteiger partial charge on any atom is 0.254 e. The Hall–Kier alpha value is -1.73. The van der Waals surface area contributed by atoms with Gasteiger partial charge in [-0.25, -0.2) is 9.97 Å². The number of rotatable bonds is 9. The second kappa shape index (κ2) is 9.22. The zero-order valence-electron chi connectivity index (χ0n) is 12.3. The lowest BCUT2D eigenvalue weighted by Gasteiger charge is -2.10. The molecule has 0 atom stereocenters. The van der Waals surface area contributed by atoms with Gasteiger partial charge in [-0.3, -0.25) is 4.79 Å². The van der Waals surface area contributed by atoms with Gasteiger partial charge in [-0.1, -0.05) is 0 Å². The Balaban J connectivity index is 2.35. The summed E-state index contributed by atoms with van der Waals surface area (Å²) in [5.41, 5.74) is 0.459. The third kappa shape index (κ3) is 6.44. The average Bonchev–Trinajstić information content (AvgIpc) is 2.44. The highest BCUT2D eigenvalue weighted by molar-refractivity contribution is 5.93. The molecule has 0 saturated heterocycles. The van der Waals surface area contributed by atoms with Crippen molar-refractivity contribution in [1.82, 2.24) is 20.2 Å². The van der Waals surface area contributed by atoms with Crippen molar-refractivity contribution in [2.24, 2.45) is 0 Å². The zero-order valence-corrected chi connectivity index (χ0v) is 12.3. The van der Waals surface area contributed by atoms with E-state index in [0.29, 0.717) is 24.7 Å². The van der Waals surface area contributed by atoms with E-state index < -0.39 is 0 Å². The van der Waals surface area contributed by atoms with Gasteiger partial charge < -0.3 is 20.3 Å². The summed E-state index contributed by atoms with van der Waals surface area (Å²) in [6, 6.07) is 0. The lowest BCUT2D eigenvalue weighted by Crippen LogP contribution is -2.25. The minimum Gasteiger partial charge on any atom is -0.385 e. The molecule has 0 saturated carbocycles. The highest BCUT2D eigenvalue weighted by atomic mass is 16.5. The number of carbonyl (C=O) groups excluding carboxylic acids is 1. The van der Waals surface area contributed by atoms with Crippen LogP contribution < -0.4 is 10.6 Å². The fraction of sp³-hybridized carbons (Fsp3) is 0.615. The molecule has 0 aliphatic rings. The SMILES string of the molecule is COCCCNC(=O)c1cnc(NCCN(C)C)nc1. The molecule has 112 valence electrons. The summed E-state index contributed by atoms with van der Waals surface area (Å²) in [6.45, 7) is 2.86. The van der Waals surface area contributed by atoms with Crippen LogP contribution in [0.4, 0.5) is 5.95 Å². The predicted molar refractivity (Wildman–Crippen MR) is 77.9 cm³/mol. The molecular weight excluding hydrogens is 258 g/mol. The fourth-order valence-electron chi connectivity index (χ4n) is 1.45. The molecule has 0 aromatic carbocycles. The van der Waals surface area contributed by atoms with Crippen molar-refractivity contribution in [2.45, 2.75) is 6.42 Å². The Morgan fingerprint density at radius 2 is 2.00 bits per heavy atom. The van der Waals surface area contributed by atoms with Gasteiger partial charge in [0.15, 0.2) is 0 Å². The summed E-state index contributed by atoms with van der Waals surface area (Å²) in [6.07, 6.45) is 3.83. The standard InChI is InChI=1S/C13H23N5O2/c1-18(2)7-6-15-13-16-9-11(10-17-13)12(19)14-5-4-8-20-3/h9-10H,4-8H2,1-3H3,(H,14,19)(H,15,16,17). The second-order valence-electron chi connectivity index (χ2n) is 4.63. The fourth-order valence-corrected chi connectivity index (χ4v) is 1.45. The van der Waals surface area contributed by atoms with E-state index in [1.54, 1.807) is 7.11 Å². The molecule has 1 aromatic heterocycles. The highest BCUT2D eigenvalue weighted by Crippen LogP contribution is 2.00. The van der Waals surface area contributed by atoms with Gasteiger partial charge in [-0.05, 0) is 20.5 Å². The van der Waals surface area contributed by atoms with Crippen LogP contribution in [0.5, 0.6) is 0 Å². The summed E-state index contributed by atoms with van der Waals surface area (Å²) in [4.78, 5) is 22.1. The minimum absolute atomic E-state index is 0.166. The third-order valence-corrected chi connectivity index (χ3v) is 2.57. The van der Waals surface area contributed by atoms with E-state index in [1.165, 1.54) is 12.4 Å². The maximum atomic E-state index is 11.8. The van der Waals surface area contributed by atoms with Crippen LogP contribution in [0.25, 0.3) is 0 Å². The summed E-state index contributed by atoms with van der Waals surface area (Å²) >= 11 is 0. The van der Waals surface area contributed by atoms with E-state index in [9.17, 15) is 4.79 Å². The van der Waals surface area contributed by atoms with Gasteiger partial charge in [0.1, 0.15) is 0 Å². The Labute approximate surface area is 119 Å². The number of hydrogen-bond acceptors (Lipinski definition) is 6. The Morgan fingerprint density at radius 1 is 1.30 bits per heavy atom. The van der Waals surface area contributed by atoms with Crippen LogP contribution >= 0.6 is 0 Å². The van der Waals surface area contributed by atoms with Crippen molar-refractivity contribution in [3.8, 4) is 0 Å². The number of ether oxygens (including phenoxy) is 1. The molecule has 7 nitrogen and oxygen atoms in total. The monoisotopic (exact) mass is 281 g/mol. The van der Waals surface area contributed by atoms with Gasteiger partial charge in [0.2, 0.25) is 5.95 Å². The molecule has 1 aromatic rings. The van der Waals surface area contributed by atoms with Crippen LogP contribution in [0.3, 0.4) is 0 Å². The number of anilines is 1. The summed E-state index contributed by atoms with van der Waals surface area (Å²) < 4.78 is 4.91. The van der Waals surface area contributed by atoms with Gasteiger partial charge in [0.25, 0.3) is 5.91 Å².